The van der Waals surface area contributed by atoms with Crippen molar-refractivity contribution in [3.05, 3.63) is 50.8 Å². The summed E-state index contributed by atoms with van der Waals surface area (Å²) in [6, 6.07) is 8.50. The van der Waals surface area contributed by atoms with Crippen LogP contribution in [-0.4, -0.2) is 11.0 Å². The molecule has 0 spiro atoms. The SMILES string of the molecule is [N-]=[N+]=NC(=O)c1cc(Br)c2ccccc2c1O. The Hall–Kier alpha value is -2.04. The van der Waals surface area contributed by atoms with Crippen molar-refractivity contribution in [2.45, 2.75) is 0 Å². The highest BCUT2D eigenvalue weighted by molar-refractivity contribution is 9.10. The lowest BCUT2D eigenvalue weighted by Gasteiger charge is -2.07. The molecule has 0 aliphatic rings. The number of benzene rings is 2. The smallest absolute Gasteiger partial charge is 0.252 e. The Balaban J connectivity index is 2.79. The normalized spacial score (nSPS) is 9.94. The number of fused-ring (bicyclic) bond motifs is 1. The average molecular weight is 292 g/mol. The molecular weight excluding hydrogens is 286 g/mol. The number of phenols is 1. The van der Waals surface area contributed by atoms with E-state index in [4.69, 9.17) is 5.53 Å². The summed E-state index contributed by atoms with van der Waals surface area (Å²) in [5.74, 6) is -0.988. The quantitative estimate of drug-likeness (QED) is 0.493. The number of amides is 1. The summed E-state index contributed by atoms with van der Waals surface area (Å²) in [5.41, 5.74) is 8.20. The van der Waals surface area contributed by atoms with Crippen LogP contribution in [0, 0.1) is 0 Å². The van der Waals surface area contributed by atoms with Gasteiger partial charge in [-0.3, -0.25) is 4.79 Å². The second-order valence-electron chi connectivity index (χ2n) is 3.29. The van der Waals surface area contributed by atoms with Gasteiger partial charge in [-0.25, -0.2) is 0 Å². The average Bonchev–Trinajstić information content (AvgIpc) is 2.34. The predicted molar refractivity (Wildman–Crippen MR) is 66.8 cm³/mol. The molecule has 0 aromatic heterocycles. The maximum absolute atomic E-state index is 11.5. The van der Waals surface area contributed by atoms with Gasteiger partial charge in [0.05, 0.1) is 5.56 Å². The van der Waals surface area contributed by atoms with Gasteiger partial charge in [0, 0.05) is 14.8 Å². The molecule has 6 heteroatoms. The summed E-state index contributed by atoms with van der Waals surface area (Å²) < 4.78 is 0.655. The van der Waals surface area contributed by atoms with E-state index in [2.05, 4.69) is 26.0 Å². The van der Waals surface area contributed by atoms with Crippen LogP contribution in [0.1, 0.15) is 10.4 Å². The third kappa shape index (κ3) is 1.95. The summed E-state index contributed by atoms with van der Waals surface area (Å²) >= 11 is 3.30. The molecule has 0 bridgehead atoms. The number of hydrogen-bond acceptors (Lipinski definition) is 2. The second kappa shape index (κ2) is 4.45. The van der Waals surface area contributed by atoms with E-state index < -0.39 is 5.91 Å². The van der Waals surface area contributed by atoms with Crippen molar-refractivity contribution in [3.63, 3.8) is 0 Å². The molecule has 84 valence electrons. The van der Waals surface area contributed by atoms with Crippen molar-refractivity contribution < 1.29 is 9.90 Å². The number of halogens is 1. The van der Waals surface area contributed by atoms with Gasteiger partial charge in [0.2, 0.25) is 0 Å². The molecule has 1 amide bonds. The molecule has 17 heavy (non-hydrogen) atoms. The second-order valence-corrected chi connectivity index (χ2v) is 4.15. The van der Waals surface area contributed by atoms with E-state index in [1.54, 1.807) is 18.2 Å². The first-order valence-corrected chi connectivity index (χ1v) is 5.44. The molecule has 5 nitrogen and oxygen atoms in total. The lowest BCUT2D eigenvalue weighted by atomic mass is 10.1. The van der Waals surface area contributed by atoms with Crippen molar-refractivity contribution in [3.8, 4) is 5.75 Å². The maximum Gasteiger partial charge on any atom is 0.252 e. The van der Waals surface area contributed by atoms with E-state index in [0.717, 1.165) is 5.39 Å². The molecule has 2 aromatic carbocycles. The first-order chi connectivity index (χ1) is 8.15. The van der Waals surface area contributed by atoms with E-state index >= 15 is 0 Å². The van der Waals surface area contributed by atoms with Crippen molar-refractivity contribution in [1.82, 2.24) is 0 Å². The topological polar surface area (TPSA) is 86.1 Å². The number of phenolic OH excluding ortho intramolecular Hbond substituents is 1. The van der Waals surface area contributed by atoms with Crippen molar-refractivity contribution in [1.29, 1.82) is 0 Å². The zero-order valence-corrected chi connectivity index (χ0v) is 10.0. The number of carbonyl (C=O) groups is 1. The zero-order chi connectivity index (χ0) is 12.4. The minimum Gasteiger partial charge on any atom is -0.507 e. The fourth-order valence-corrected chi connectivity index (χ4v) is 2.15. The zero-order valence-electron chi connectivity index (χ0n) is 8.46. The molecule has 2 aromatic rings. The third-order valence-corrected chi connectivity index (χ3v) is 2.99. The molecular formula is C11H6BrN3O2. The largest absolute Gasteiger partial charge is 0.507 e. The summed E-state index contributed by atoms with van der Waals surface area (Å²) in [4.78, 5) is 13.9. The number of hydrogen-bond donors (Lipinski definition) is 1. The van der Waals surface area contributed by atoms with Gasteiger partial charge in [0.25, 0.3) is 5.91 Å². The number of nitrogens with zero attached hydrogens (tertiary/aromatic N) is 3. The van der Waals surface area contributed by atoms with Gasteiger partial charge in [-0.1, -0.05) is 40.2 Å². The van der Waals surface area contributed by atoms with Crippen LogP contribution >= 0.6 is 15.9 Å². The molecule has 0 aliphatic carbocycles. The fourth-order valence-electron chi connectivity index (χ4n) is 1.57. The highest BCUT2D eigenvalue weighted by Gasteiger charge is 2.14. The Bertz CT molecular complexity index is 663. The molecule has 0 saturated heterocycles. The number of aromatic hydroxyl groups is 1. The molecule has 2 rings (SSSR count). The van der Waals surface area contributed by atoms with Crippen LogP contribution in [0.15, 0.2) is 39.9 Å². The van der Waals surface area contributed by atoms with Crippen LogP contribution in [0.25, 0.3) is 21.2 Å². The molecule has 0 heterocycles. The van der Waals surface area contributed by atoms with Gasteiger partial charge in [0.1, 0.15) is 5.75 Å². The summed E-state index contributed by atoms with van der Waals surface area (Å²) in [5, 5.41) is 14.2. The molecule has 0 radical (unpaired) electrons. The van der Waals surface area contributed by atoms with Crippen molar-refractivity contribution in [2.75, 3.05) is 0 Å². The number of azide groups is 1. The van der Waals surface area contributed by atoms with Crippen LogP contribution in [0.2, 0.25) is 0 Å². The highest BCUT2D eigenvalue weighted by atomic mass is 79.9. The Kier molecular flexibility index (Phi) is 2.99. The first-order valence-electron chi connectivity index (χ1n) is 4.65. The molecule has 0 atom stereocenters. The van der Waals surface area contributed by atoms with E-state index in [9.17, 15) is 9.90 Å². The van der Waals surface area contributed by atoms with Crippen molar-refractivity contribution in [2.24, 2.45) is 5.11 Å². The standard InChI is InChI=1S/C11H6BrN3O2/c12-9-5-8(11(17)14-15-13)10(16)7-4-2-1-3-6(7)9/h1-5,16H. The van der Waals surface area contributed by atoms with E-state index in [1.807, 2.05) is 6.07 Å². The monoisotopic (exact) mass is 291 g/mol. The van der Waals surface area contributed by atoms with Gasteiger partial charge >= 0.3 is 0 Å². The van der Waals surface area contributed by atoms with Crippen LogP contribution < -0.4 is 0 Å². The lowest BCUT2D eigenvalue weighted by Crippen LogP contribution is -1.95. The molecule has 1 N–H and O–H groups in total. The first kappa shape index (κ1) is 11.4. The summed E-state index contributed by atoms with van der Waals surface area (Å²) in [7, 11) is 0. The third-order valence-electron chi connectivity index (χ3n) is 2.33. The minimum atomic E-state index is -0.809. The van der Waals surface area contributed by atoms with Gasteiger partial charge in [-0.15, -0.1) is 0 Å². The molecule has 0 aliphatic heterocycles. The van der Waals surface area contributed by atoms with Gasteiger partial charge < -0.3 is 5.11 Å². The summed E-state index contributed by atoms with van der Waals surface area (Å²) in [6.45, 7) is 0. The Morgan fingerprint density at radius 3 is 2.65 bits per heavy atom. The van der Waals surface area contributed by atoms with E-state index in [-0.39, 0.29) is 11.3 Å². The molecule has 0 saturated carbocycles. The predicted octanol–water partition coefficient (Wildman–Crippen LogP) is 3.76. The van der Waals surface area contributed by atoms with Gasteiger partial charge in [-0.2, -0.15) is 0 Å². The van der Waals surface area contributed by atoms with Crippen LogP contribution in [0.4, 0.5) is 0 Å². The van der Waals surface area contributed by atoms with E-state index in [0.29, 0.717) is 9.86 Å². The van der Waals surface area contributed by atoms with Crippen LogP contribution in [0.3, 0.4) is 0 Å². The number of carbonyl (C=O) groups excluding carboxylic acids is 1. The lowest BCUT2D eigenvalue weighted by molar-refractivity contribution is 0.0998. The highest BCUT2D eigenvalue weighted by Crippen LogP contribution is 2.34. The molecule has 0 fully saturated rings. The van der Waals surface area contributed by atoms with Crippen molar-refractivity contribution >= 4 is 32.6 Å². The Labute approximate surface area is 104 Å². The summed E-state index contributed by atoms with van der Waals surface area (Å²) in [6.07, 6.45) is 0. The Morgan fingerprint density at radius 2 is 2.00 bits per heavy atom. The van der Waals surface area contributed by atoms with E-state index in [1.165, 1.54) is 6.07 Å². The van der Waals surface area contributed by atoms with Crippen LogP contribution in [-0.2, 0) is 0 Å². The molecule has 0 unspecified atom stereocenters. The Morgan fingerprint density at radius 1 is 1.35 bits per heavy atom. The van der Waals surface area contributed by atoms with Gasteiger partial charge in [-0.05, 0) is 22.1 Å². The fraction of sp³-hybridized carbons (Fsp3) is 0. The van der Waals surface area contributed by atoms with Gasteiger partial charge in [0.15, 0.2) is 0 Å². The minimum absolute atomic E-state index is 0.0200. The number of rotatable bonds is 1. The van der Waals surface area contributed by atoms with Crippen LogP contribution in [0.5, 0.6) is 5.75 Å². The maximum atomic E-state index is 11.5.